The first kappa shape index (κ1) is 14.3. The highest BCUT2D eigenvalue weighted by molar-refractivity contribution is 9.10. The third kappa shape index (κ3) is 2.61. The summed E-state index contributed by atoms with van der Waals surface area (Å²) in [5.41, 5.74) is 3.50. The fraction of sp³-hybridized carbons (Fsp3) is 0.333. The van der Waals surface area contributed by atoms with Gasteiger partial charge in [-0.05, 0) is 34.5 Å². The van der Waals surface area contributed by atoms with Gasteiger partial charge in [0.05, 0.1) is 21.6 Å². The van der Waals surface area contributed by atoms with Gasteiger partial charge in [0.1, 0.15) is 11.8 Å². The molecular formula is C15H17BrN4O. The van der Waals surface area contributed by atoms with Gasteiger partial charge in [-0.3, -0.25) is 4.68 Å². The summed E-state index contributed by atoms with van der Waals surface area (Å²) in [7, 11) is 1.90. The van der Waals surface area contributed by atoms with Gasteiger partial charge >= 0.3 is 0 Å². The van der Waals surface area contributed by atoms with E-state index in [0.29, 0.717) is 12.1 Å². The number of aryl methyl sites for hydroxylation is 2. The molecule has 0 spiro atoms. The summed E-state index contributed by atoms with van der Waals surface area (Å²) in [6.45, 7) is 2.06. The van der Waals surface area contributed by atoms with Crippen LogP contribution >= 0.6 is 15.9 Å². The number of rotatable bonds is 4. The third-order valence-corrected chi connectivity index (χ3v) is 4.53. The SMILES string of the molecule is CCc1nn(C)c(CC(O)c2cn3ccccc3n2)c1Br. The van der Waals surface area contributed by atoms with E-state index in [2.05, 4.69) is 32.9 Å². The minimum absolute atomic E-state index is 0.480. The number of hydrogen-bond donors (Lipinski definition) is 1. The Morgan fingerprint density at radius 3 is 2.86 bits per heavy atom. The second-order valence-corrected chi connectivity index (χ2v) is 5.83. The van der Waals surface area contributed by atoms with Crippen LogP contribution in [0.1, 0.15) is 30.1 Å². The number of aliphatic hydroxyl groups excluding tert-OH is 1. The van der Waals surface area contributed by atoms with Crippen LogP contribution in [-0.4, -0.2) is 24.3 Å². The van der Waals surface area contributed by atoms with E-state index in [1.807, 2.05) is 46.7 Å². The smallest absolute Gasteiger partial charge is 0.137 e. The van der Waals surface area contributed by atoms with E-state index in [1.54, 1.807) is 0 Å². The molecule has 0 aliphatic carbocycles. The lowest BCUT2D eigenvalue weighted by atomic mass is 10.1. The molecule has 110 valence electrons. The van der Waals surface area contributed by atoms with Crippen molar-refractivity contribution >= 4 is 21.6 Å². The van der Waals surface area contributed by atoms with E-state index in [4.69, 9.17) is 0 Å². The zero-order chi connectivity index (χ0) is 15.0. The van der Waals surface area contributed by atoms with Crippen molar-refractivity contribution in [1.29, 1.82) is 0 Å². The standard InChI is InChI=1S/C15H17BrN4O/c1-3-10-15(16)12(19(2)18-10)8-13(21)11-9-20-7-5-4-6-14(20)17-11/h4-7,9,13,21H,3,8H2,1-2H3. The molecule has 0 aromatic carbocycles. The summed E-state index contributed by atoms with van der Waals surface area (Å²) < 4.78 is 4.71. The minimum Gasteiger partial charge on any atom is -0.386 e. The van der Waals surface area contributed by atoms with Gasteiger partial charge in [0.15, 0.2) is 0 Å². The van der Waals surface area contributed by atoms with E-state index in [0.717, 1.165) is 27.9 Å². The molecule has 6 heteroatoms. The number of pyridine rings is 1. The Morgan fingerprint density at radius 2 is 2.19 bits per heavy atom. The van der Waals surface area contributed by atoms with Crippen LogP contribution < -0.4 is 0 Å². The number of halogens is 1. The fourth-order valence-corrected chi connectivity index (χ4v) is 3.22. The zero-order valence-electron chi connectivity index (χ0n) is 12.0. The first-order valence-electron chi connectivity index (χ1n) is 6.92. The van der Waals surface area contributed by atoms with Gasteiger partial charge in [-0.25, -0.2) is 4.98 Å². The molecule has 0 aliphatic rings. The molecule has 0 radical (unpaired) electrons. The Balaban J connectivity index is 1.89. The van der Waals surface area contributed by atoms with Crippen molar-refractivity contribution in [3.05, 3.63) is 52.1 Å². The van der Waals surface area contributed by atoms with Gasteiger partial charge < -0.3 is 9.51 Å². The van der Waals surface area contributed by atoms with Crippen molar-refractivity contribution < 1.29 is 5.11 Å². The van der Waals surface area contributed by atoms with Crippen molar-refractivity contribution in [3.63, 3.8) is 0 Å². The van der Waals surface area contributed by atoms with Gasteiger partial charge in [0.25, 0.3) is 0 Å². The number of hydrogen-bond acceptors (Lipinski definition) is 3. The van der Waals surface area contributed by atoms with Gasteiger partial charge in [0, 0.05) is 25.9 Å². The summed E-state index contributed by atoms with van der Waals surface area (Å²) in [5.74, 6) is 0. The highest BCUT2D eigenvalue weighted by atomic mass is 79.9. The van der Waals surface area contributed by atoms with Crippen molar-refractivity contribution in [2.24, 2.45) is 7.05 Å². The molecule has 0 amide bonds. The first-order chi connectivity index (χ1) is 10.1. The summed E-state index contributed by atoms with van der Waals surface area (Å²) in [4.78, 5) is 4.46. The molecule has 21 heavy (non-hydrogen) atoms. The second-order valence-electron chi connectivity index (χ2n) is 5.04. The van der Waals surface area contributed by atoms with E-state index in [-0.39, 0.29) is 0 Å². The fourth-order valence-electron chi connectivity index (χ4n) is 2.44. The summed E-state index contributed by atoms with van der Waals surface area (Å²) >= 11 is 3.58. The van der Waals surface area contributed by atoms with Gasteiger partial charge in [0.2, 0.25) is 0 Å². The largest absolute Gasteiger partial charge is 0.386 e. The average Bonchev–Trinajstić information content (AvgIpc) is 3.03. The topological polar surface area (TPSA) is 55.3 Å². The van der Waals surface area contributed by atoms with Crippen LogP contribution in [0.4, 0.5) is 0 Å². The molecule has 1 N–H and O–H groups in total. The van der Waals surface area contributed by atoms with E-state index in [1.165, 1.54) is 0 Å². The van der Waals surface area contributed by atoms with Gasteiger partial charge in [-0.15, -0.1) is 0 Å². The molecule has 3 aromatic heterocycles. The Kier molecular flexibility index (Phi) is 3.82. The maximum atomic E-state index is 10.5. The number of fused-ring (bicyclic) bond motifs is 1. The third-order valence-electron chi connectivity index (χ3n) is 3.61. The molecule has 0 saturated carbocycles. The lowest BCUT2D eigenvalue weighted by molar-refractivity contribution is 0.171. The van der Waals surface area contributed by atoms with Crippen molar-refractivity contribution in [2.45, 2.75) is 25.9 Å². The van der Waals surface area contributed by atoms with Gasteiger partial charge in [-0.1, -0.05) is 13.0 Å². The maximum Gasteiger partial charge on any atom is 0.137 e. The molecule has 1 atom stereocenters. The zero-order valence-corrected chi connectivity index (χ0v) is 13.6. The molecule has 0 saturated heterocycles. The number of aromatic nitrogens is 4. The maximum absolute atomic E-state index is 10.5. The van der Waals surface area contributed by atoms with Crippen LogP contribution in [-0.2, 0) is 19.9 Å². The summed E-state index contributed by atoms with van der Waals surface area (Å²) in [5, 5.41) is 14.9. The average molecular weight is 349 g/mol. The Bertz CT molecular complexity index is 744. The van der Waals surface area contributed by atoms with Crippen LogP contribution in [0, 0.1) is 0 Å². The quantitative estimate of drug-likeness (QED) is 0.788. The molecule has 0 fully saturated rings. The number of imidazole rings is 1. The molecule has 0 bridgehead atoms. The Morgan fingerprint density at radius 1 is 1.38 bits per heavy atom. The van der Waals surface area contributed by atoms with Crippen LogP contribution in [0.5, 0.6) is 0 Å². The lowest BCUT2D eigenvalue weighted by Gasteiger charge is -2.08. The molecule has 0 aliphatic heterocycles. The summed E-state index contributed by atoms with van der Waals surface area (Å²) in [6, 6.07) is 5.80. The monoisotopic (exact) mass is 348 g/mol. The van der Waals surface area contributed by atoms with Crippen molar-refractivity contribution in [2.75, 3.05) is 0 Å². The highest BCUT2D eigenvalue weighted by Gasteiger charge is 2.19. The van der Waals surface area contributed by atoms with Crippen LogP contribution in [0.2, 0.25) is 0 Å². The number of aliphatic hydroxyl groups is 1. The normalized spacial score (nSPS) is 13.0. The summed E-state index contributed by atoms with van der Waals surface area (Å²) in [6.07, 6.45) is 4.48. The molecule has 1 unspecified atom stereocenters. The predicted molar refractivity (Wildman–Crippen MR) is 84.1 cm³/mol. The van der Waals surface area contributed by atoms with Gasteiger partial charge in [-0.2, -0.15) is 5.10 Å². The predicted octanol–water partition coefficient (Wildman–Crippen LogP) is 2.67. The van der Waals surface area contributed by atoms with Crippen LogP contribution in [0.3, 0.4) is 0 Å². The molecule has 3 aromatic rings. The number of nitrogens with zero attached hydrogens (tertiary/aromatic N) is 4. The Hall–Kier alpha value is -1.66. The first-order valence-corrected chi connectivity index (χ1v) is 7.71. The second kappa shape index (κ2) is 5.61. The van der Waals surface area contributed by atoms with E-state index < -0.39 is 6.10 Å². The van der Waals surface area contributed by atoms with E-state index in [9.17, 15) is 5.11 Å². The van der Waals surface area contributed by atoms with Crippen LogP contribution in [0.15, 0.2) is 35.1 Å². The molecular weight excluding hydrogens is 332 g/mol. The molecule has 3 heterocycles. The van der Waals surface area contributed by atoms with Crippen molar-refractivity contribution in [1.82, 2.24) is 19.2 Å². The minimum atomic E-state index is -0.652. The molecule has 3 rings (SSSR count). The van der Waals surface area contributed by atoms with Crippen molar-refractivity contribution in [3.8, 4) is 0 Å². The Labute approximate surface area is 131 Å². The van der Waals surface area contributed by atoms with Crippen LogP contribution in [0.25, 0.3) is 5.65 Å². The molecule has 5 nitrogen and oxygen atoms in total. The lowest BCUT2D eigenvalue weighted by Crippen LogP contribution is -2.07. The van der Waals surface area contributed by atoms with E-state index >= 15 is 0 Å². The highest BCUT2D eigenvalue weighted by Crippen LogP contribution is 2.26.